The van der Waals surface area contributed by atoms with Gasteiger partial charge in [-0.05, 0) is 76.0 Å². The van der Waals surface area contributed by atoms with Crippen LogP contribution in [0.15, 0.2) is 24.3 Å². The molecule has 7 heteroatoms. The summed E-state index contributed by atoms with van der Waals surface area (Å²) >= 11 is 5.84. The van der Waals surface area contributed by atoms with Gasteiger partial charge >= 0.3 is 11.9 Å². The minimum absolute atomic E-state index is 0.759. The molecule has 1 aromatic rings. The van der Waals surface area contributed by atoms with Crippen LogP contribution in [0.2, 0.25) is 5.02 Å². The number of aliphatic carboxylic acids is 2. The molecule has 0 amide bonds. The van der Waals surface area contributed by atoms with Crippen LogP contribution in [0.3, 0.4) is 0 Å². The molecular formula is C19H28ClNO5. The van der Waals surface area contributed by atoms with Crippen molar-refractivity contribution in [3.05, 3.63) is 29.3 Å². The molecule has 1 aromatic carbocycles. The highest BCUT2D eigenvalue weighted by Gasteiger charge is 2.07. The van der Waals surface area contributed by atoms with Crippen LogP contribution in [-0.2, 0) is 9.59 Å². The van der Waals surface area contributed by atoms with E-state index in [4.69, 9.17) is 36.1 Å². The molecule has 0 aliphatic carbocycles. The van der Waals surface area contributed by atoms with E-state index in [0.29, 0.717) is 0 Å². The topological polar surface area (TPSA) is 87.1 Å². The maximum Gasteiger partial charge on any atom is 0.414 e. The Morgan fingerprint density at radius 2 is 1.50 bits per heavy atom. The first-order chi connectivity index (χ1) is 12.5. The van der Waals surface area contributed by atoms with E-state index in [0.717, 1.165) is 23.8 Å². The molecule has 2 rings (SSSR count). The number of carboxylic acids is 2. The Hall–Kier alpha value is -1.79. The lowest BCUT2D eigenvalue weighted by Crippen LogP contribution is -2.25. The maximum atomic E-state index is 9.10. The zero-order valence-corrected chi connectivity index (χ0v) is 15.8. The Morgan fingerprint density at radius 1 is 0.923 bits per heavy atom. The third kappa shape index (κ3) is 10.9. The molecule has 1 heterocycles. The van der Waals surface area contributed by atoms with Crippen molar-refractivity contribution in [2.24, 2.45) is 0 Å². The van der Waals surface area contributed by atoms with Gasteiger partial charge in [0.1, 0.15) is 5.75 Å². The van der Waals surface area contributed by atoms with Crippen LogP contribution in [0.5, 0.6) is 5.75 Å². The smallest absolute Gasteiger partial charge is 0.414 e. The van der Waals surface area contributed by atoms with Crippen LogP contribution in [0.4, 0.5) is 0 Å². The molecule has 26 heavy (non-hydrogen) atoms. The summed E-state index contributed by atoms with van der Waals surface area (Å²) in [5.74, 6) is -2.73. The van der Waals surface area contributed by atoms with Gasteiger partial charge in [0.15, 0.2) is 0 Å². The molecule has 0 atom stereocenters. The van der Waals surface area contributed by atoms with Crippen LogP contribution in [0.1, 0.15) is 44.9 Å². The summed E-state index contributed by atoms with van der Waals surface area (Å²) in [5.41, 5.74) is 0. The van der Waals surface area contributed by atoms with Crippen molar-refractivity contribution in [2.45, 2.75) is 44.9 Å². The summed E-state index contributed by atoms with van der Waals surface area (Å²) in [7, 11) is 0. The minimum Gasteiger partial charge on any atom is -0.494 e. The lowest BCUT2D eigenvalue weighted by Gasteiger charge is -2.19. The molecule has 0 aromatic heterocycles. The number of unbranched alkanes of at least 4 members (excludes halogenated alkanes) is 2. The third-order valence-electron chi connectivity index (χ3n) is 4.08. The Balaban J connectivity index is 0.000000487. The number of ether oxygens (including phenoxy) is 1. The first kappa shape index (κ1) is 22.3. The number of likely N-dealkylation sites (tertiary alicyclic amines) is 1. The molecule has 0 spiro atoms. The van der Waals surface area contributed by atoms with Gasteiger partial charge in [0, 0.05) is 5.02 Å². The quantitative estimate of drug-likeness (QED) is 0.546. The van der Waals surface area contributed by atoms with E-state index >= 15 is 0 Å². The van der Waals surface area contributed by atoms with Crippen LogP contribution in [0.25, 0.3) is 0 Å². The van der Waals surface area contributed by atoms with Crippen LogP contribution < -0.4 is 4.74 Å². The number of carboxylic acid groups (broad SMARTS) is 2. The van der Waals surface area contributed by atoms with E-state index in [9.17, 15) is 0 Å². The van der Waals surface area contributed by atoms with Gasteiger partial charge in [0.2, 0.25) is 0 Å². The van der Waals surface area contributed by atoms with E-state index in [1.165, 1.54) is 58.2 Å². The average Bonchev–Trinajstić information content (AvgIpc) is 2.89. The Morgan fingerprint density at radius 3 is 2.04 bits per heavy atom. The summed E-state index contributed by atoms with van der Waals surface area (Å²) in [4.78, 5) is 20.8. The van der Waals surface area contributed by atoms with E-state index in [2.05, 4.69) is 4.90 Å². The van der Waals surface area contributed by atoms with Crippen LogP contribution >= 0.6 is 11.6 Å². The largest absolute Gasteiger partial charge is 0.494 e. The number of nitrogens with zero attached hydrogens (tertiary/aromatic N) is 1. The van der Waals surface area contributed by atoms with Crippen LogP contribution in [-0.4, -0.2) is 53.3 Å². The zero-order valence-electron chi connectivity index (χ0n) is 15.0. The summed E-state index contributed by atoms with van der Waals surface area (Å²) in [6.45, 7) is 4.69. The van der Waals surface area contributed by atoms with Gasteiger partial charge in [0.25, 0.3) is 0 Å². The van der Waals surface area contributed by atoms with Crippen LogP contribution in [0, 0.1) is 0 Å². The molecule has 1 aliphatic rings. The van der Waals surface area contributed by atoms with Crippen molar-refractivity contribution in [1.29, 1.82) is 0 Å². The highest BCUT2D eigenvalue weighted by molar-refractivity contribution is 6.30. The number of hydrogen-bond donors (Lipinski definition) is 2. The predicted octanol–water partition coefficient (Wildman–Crippen LogP) is 3.92. The molecule has 1 aliphatic heterocycles. The molecule has 0 saturated carbocycles. The fourth-order valence-corrected chi connectivity index (χ4v) is 2.82. The summed E-state index contributed by atoms with van der Waals surface area (Å²) in [6.07, 6.45) is 9.31. The Labute approximate surface area is 159 Å². The molecular weight excluding hydrogens is 358 g/mol. The molecule has 0 unspecified atom stereocenters. The van der Waals surface area contributed by atoms with E-state index in [1.807, 2.05) is 24.3 Å². The van der Waals surface area contributed by atoms with Crippen molar-refractivity contribution >= 4 is 23.5 Å². The fourth-order valence-electron chi connectivity index (χ4n) is 2.69. The molecule has 6 nitrogen and oxygen atoms in total. The first-order valence-electron chi connectivity index (χ1n) is 9.06. The number of benzene rings is 1. The van der Waals surface area contributed by atoms with Gasteiger partial charge in [-0.2, -0.15) is 0 Å². The highest BCUT2D eigenvalue weighted by atomic mass is 35.5. The summed E-state index contributed by atoms with van der Waals surface area (Å²) in [6, 6.07) is 7.60. The Bertz CT molecular complexity index is 515. The maximum absolute atomic E-state index is 9.10. The summed E-state index contributed by atoms with van der Waals surface area (Å²) < 4.78 is 5.70. The minimum atomic E-state index is -1.82. The zero-order chi connectivity index (χ0) is 19.2. The van der Waals surface area contributed by atoms with Crippen molar-refractivity contribution in [2.75, 3.05) is 26.2 Å². The Kier molecular flexibility index (Phi) is 11.5. The highest BCUT2D eigenvalue weighted by Crippen LogP contribution is 2.16. The average molecular weight is 386 g/mol. The van der Waals surface area contributed by atoms with Gasteiger partial charge in [-0.25, -0.2) is 9.59 Å². The number of rotatable bonds is 7. The van der Waals surface area contributed by atoms with E-state index in [1.54, 1.807) is 0 Å². The second kappa shape index (κ2) is 13.4. The predicted molar refractivity (Wildman–Crippen MR) is 101 cm³/mol. The lowest BCUT2D eigenvalue weighted by atomic mass is 10.2. The first-order valence-corrected chi connectivity index (χ1v) is 9.44. The van der Waals surface area contributed by atoms with Crippen molar-refractivity contribution in [3.63, 3.8) is 0 Å². The fraction of sp³-hybridized carbons (Fsp3) is 0.579. The lowest BCUT2D eigenvalue weighted by molar-refractivity contribution is -0.159. The van der Waals surface area contributed by atoms with Gasteiger partial charge in [-0.1, -0.05) is 24.4 Å². The van der Waals surface area contributed by atoms with E-state index in [-0.39, 0.29) is 0 Å². The SMILES string of the molecule is Clc1ccc(OCCCCCN2CCCCCC2)cc1.O=C(O)C(=O)O. The standard InChI is InChI=1S/C17H26ClNO.C2H2O4/c18-16-8-10-17(11-9-16)20-15-7-3-6-14-19-12-4-1-2-5-13-19;3-1(4)2(5)6/h8-11H,1-7,12-15H2;(H,3,4)(H,5,6). The molecule has 1 saturated heterocycles. The molecule has 0 bridgehead atoms. The second-order valence-electron chi connectivity index (χ2n) is 6.23. The third-order valence-corrected chi connectivity index (χ3v) is 4.33. The normalized spacial score (nSPS) is 14.7. The van der Waals surface area contributed by atoms with Gasteiger partial charge < -0.3 is 19.8 Å². The molecule has 0 radical (unpaired) electrons. The van der Waals surface area contributed by atoms with Gasteiger partial charge in [-0.3, -0.25) is 0 Å². The molecule has 2 N–H and O–H groups in total. The number of carbonyl (C=O) groups is 2. The summed E-state index contributed by atoms with van der Waals surface area (Å²) in [5, 5.41) is 15.5. The number of hydrogen-bond acceptors (Lipinski definition) is 4. The van der Waals surface area contributed by atoms with Crippen molar-refractivity contribution in [3.8, 4) is 5.75 Å². The van der Waals surface area contributed by atoms with Crippen molar-refractivity contribution < 1.29 is 24.5 Å². The molecule has 1 fully saturated rings. The second-order valence-corrected chi connectivity index (χ2v) is 6.67. The molecule has 146 valence electrons. The number of halogens is 1. The van der Waals surface area contributed by atoms with Gasteiger partial charge in [0.05, 0.1) is 6.61 Å². The van der Waals surface area contributed by atoms with Crippen molar-refractivity contribution in [1.82, 2.24) is 4.90 Å². The van der Waals surface area contributed by atoms with Gasteiger partial charge in [-0.15, -0.1) is 0 Å². The monoisotopic (exact) mass is 385 g/mol. The van der Waals surface area contributed by atoms with E-state index < -0.39 is 11.9 Å².